The van der Waals surface area contributed by atoms with Gasteiger partial charge in [-0.2, -0.15) is 0 Å². The molecular formula is C15H15N5O. The van der Waals surface area contributed by atoms with E-state index in [2.05, 4.69) is 25.6 Å². The van der Waals surface area contributed by atoms with Gasteiger partial charge in [0.1, 0.15) is 5.82 Å². The number of nitrogens with zero attached hydrogens (tertiary/aromatic N) is 2. The number of carbonyl (C=O) groups excluding carboxylic acids is 1. The summed E-state index contributed by atoms with van der Waals surface area (Å²) >= 11 is 0. The van der Waals surface area contributed by atoms with Crippen LogP contribution in [0.4, 0.5) is 10.6 Å². The van der Waals surface area contributed by atoms with Crippen molar-refractivity contribution in [2.24, 2.45) is 0 Å². The quantitative estimate of drug-likeness (QED) is 0.675. The van der Waals surface area contributed by atoms with E-state index < -0.39 is 0 Å². The summed E-state index contributed by atoms with van der Waals surface area (Å²) < 4.78 is 0. The fourth-order valence-corrected chi connectivity index (χ4v) is 2.14. The Bertz CT molecular complexity index is 809. The maximum Gasteiger partial charge on any atom is 0.320 e. The third-order valence-corrected chi connectivity index (χ3v) is 3.18. The number of fused-ring (bicyclic) bond motifs is 1. The molecule has 0 bridgehead atoms. The van der Waals surface area contributed by atoms with Gasteiger partial charge in [0.05, 0.1) is 5.52 Å². The average Bonchev–Trinajstić information content (AvgIpc) is 2.90. The summed E-state index contributed by atoms with van der Waals surface area (Å²) in [6.45, 7) is 1.96. The fourth-order valence-electron chi connectivity index (χ4n) is 2.14. The maximum atomic E-state index is 11.3. The van der Waals surface area contributed by atoms with Crippen LogP contribution in [0.5, 0.6) is 0 Å². The second-order valence-corrected chi connectivity index (χ2v) is 4.73. The number of carbonyl (C=O) groups is 1. The van der Waals surface area contributed by atoms with Crippen LogP contribution < -0.4 is 10.6 Å². The first-order chi connectivity index (χ1) is 10.2. The van der Waals surface area contributed by atoms with Gasteiger partial charge in [0.15, 0.2) is 0 Å². The van der Waals surface area contributed by atoms with E-state index in [0.717, 1.165) is 27.9 Å². The molecule has 0 saturated carbocycles. The molecule has 3 aromatic heterocycles. The van der Waals surface area contributed by atoms with Gasteiger partial charge in [-0.05, 0) is 25.1 Å². The SMILES string of the molecule is CNC(=O)Nc1cc2[nH]c(-c3ccnc(C)c3)cc2cn1. The predicted octanol–water partition coefficient (Wildman–Crippen LogP) is 2.68. The zero-order valence-electron chi connectivity index (χ0n) is 11.8. The maximum absolute atomic E-state index is 11.3. The number of anilines is 1. The minimum Gasteiger partial charge on any atom is -0.354 e. The van der Waals surface area contributed by atoms with Crippen LogP contribution in [0.15, 0.2) is 36.7 Å². The van der Waals surface area contributed by atoms with Crippen LogP contribution in [0, 0.1) is 6.92 Å². The van der Waals surface area contributed by atoms with Gasteiger partial charge in [0.25, 0.3) is 0 Å². The number of aromatic nitrogens is 3. The van der Waals surface area contributed by atoms with Gasteiger partial charge < -0.3 is 10.3 Å². The molecule has 106 valence electrons. The standard InChI is InChI=1S/C15H15N5O/c1-9-5-10(3-4-17-9)12-6-11-8-18-14(7-13(11)19-12)20-15(21)16-2/h3-8,19H,1-2H3,(H2,16,18,20,21). The van der Waals surface area contributed by atoms with Crippen molar-refractivity contribution in [3.63, 3.8) is 0 Å². The monoisotopic (exact) mass is 281 g/mol. The summed E-state index contributed by atoms with van der Waals surface area (Å²) in [6, 6.07) is 7.51. The minimum atomic E-state index is -0.293. The van der Waals surface area contributed by atoms with Crippen LogP contribution in [0.3, 0.4) is 0 Å². The van der Waals surface area contributed by atoms with E-state index in [9.17, 15) is 4.79 Å². The third-order valence-electron chi connectivity index (χ3n) is 3.18. The van der Waals surface area contributed by atoms with E-state index in [1.807, 2.05) is 31.2 Å². The lowest BCUT2D eigenvalue weighted by molar-refractivity contribution is 0.254. The highest BCUT2D eigenvalue weighted by molar-refractivity contribution is 5.92. The Morgan fingerprint density at radius 1 is 1.24 bits per heavy atom. The van der Waals surface area contributed by atoms with Gasteiger partial charge in [-0.15, -0.1) is 0 Å². The second kappa shape index (κ2) is 5.24. The number of hydrogen-bond donors (Lipinski definition) is 3. The van der Waals surface area contributed by atoms with Crippen molar-refractivity contribution in [1.29, 1.82) is 0 Å². The molecule has 3 N–H and O–H groups in total. The van der Waals surface area contributed by atoms with E-state index in [0.29, 0.717) is 5.82 Å². The van der Waals surface area contributed by atoms with Crippen molar-refractivity contribution in [2.45, 2.75) is 6.92 Å². The van der Waals surface area contributed by atoms with Crippen LogP contribution in [0.1, 0.15) is 5.69 Å². The zero-order valence-corrected chi connectivity index (χ0v) is 11.8. The Kier molecular flexibility index (Phi) is 3.27. The molecular weight excluding hydrogens is 266 g/mol. The van der Waals surface area contributed by atoms with Gasteiger partial charge >= 0.3 is 6.03 Å². The molecule has 0 aliphatic carbocycles. The van der Waals surface area contributed by atoms with Crippen LogP contribution in [-0.4, -0.2) is 28.0 Å². The Morgan fingerprint density at radius 2 is 2.10 bits per heavy atom. The molecule has 3 aromatic rings. The van der Waals surface area contributed by atoms with E-state index in [1.165, 1.54) is 0 Å². The van der Waals surface area contributed by atoms with E-state index in [1.54, 1.807) is 19.4 Å². The molecule has 2 amide bonds. The molecule has 0 spiro atoms. The van der Waals surface area contributed by atoms with Crippen LogP contribution in [0.2, 0.25) is 0 Å². The number of hydrogen-bond acceptors (Lipinski definition) is 3. The van der Waals surface area contributed by atoms with Gasteiger partial charge in [-0.1, -0.05) is 0 Å². The summed E-state index contributed by atoms with van der Waals surface area (Å²) in [6.07, 6.45) is 3.52. The lowest BCUT2D eigenvalue weighted by atomic mass is 10.2. The van der Waals surface area contributed by atoms with Crippen molar-refractivity contribution in [2.75, 3.05) is 12.4 Å². The lowest BCUT2D eigenvalue weighted by Gasteiger charge is -2.02. The number of H-pyrrole nitrogens is 1. The van der Waals surface area contributed by atoms with E-state index in [-0.39, 0.29) is 6.03 Å². The van der Waals surface area contributed by atoms with Crippen LogP contribution in [0.25, 0.3) is 22.2 Å². The topological polar surface area (TPSA) is 82.7 Å². The first-order valence-corrected chi connectivity index (χ1v) is 6.56. The molecule has 0 radical (unpaired) electrons. The summed E-state index contributed by atoms with van der Waals surface area (Å²) in [5.41, 5.74) is 3.95. The lowest BCUT2D eigenvalue weighted by Crippen LogP contribution is -2.24. The molecule has 0 saturated heterocycles. The molecule has 6 heteroatoms. The van der Waals surface area contributed by atoms with E-state index in [4.69, 9.17) is 0 Å². The molecule has 3 heterocycles. The molecule has 0 atom stereocenters. The first kappa shape index (κ1) is 13.1. The van der Waals surface area contributed by atoms with Crippen molar-refractivity contribution in [3.05, 3.63) is 42.4 Å². The summed E-state index contributed by atoms with van der Waals surface area (Å²) in [7, 11) is 1.56. The van der Waals surface area contributed by atoms with E-state index >= 15 is 0 Å². The highest BCUT2D eigenvalue weighted by Gasteiger charge is 2.06. The molecule has 0 aromatic carbocycles. The normalized spacial score (nSPS) is 10.6. The Hall–Kier alpha value is -2.89. The smallest absolute Gasteiger partial charge is 0.320 e. The van der Waals surface area contributed by atoms with Crippen LogP contribution >= 0.6 is 0 Å². The number of urea groups is 1. The van der Waals surface area contributed by atoms with Crippen molar-refractivity contribution < 1.29 is 4.79 Å². The zero-order chi connectivity index (χ0) is 14.8. The second-order valence-electron chi connectivity index (χ2n) is 4.73. The molecule has 0 aliphatic heterocycles. The molecule has 0 fully saturated rings. The third kappa shape index (κ3) is 2.69. The largest absolute Gasteiger partial charge is 0.354 e. The van der Waals surface area contributed by atoms with Crippen molar-refractivity contribution in [1.82, 2.24) is 20.3 Å². The molecule has 21 heavy (non-hydrogen) atoms. The molecule has 3 rings (SSSR count). The molecule has 0 unspecified atom stereocenters. The fraction of sp³-hybridized carbons (Fsp3) is 0.133. The summed E-state index contributed by atoms with van der Waals surface area (Å²) in [5.74, 6) is 0.501. The van der Waals surface area contributed by atoms with Crippen molar-refractivity contribution >= 4 is 22.8 Å². The van der Waals surface area contributed by atoms with Gasteiger partial charge in [0, 0.05) is 47.8 Å². The Labute approximate surface area is 121 Å². The Balaban J connectivity index is 1.98. The number of aryl methyl sites for hydroxylation is 1. The average molecular weight is 281 g/mol. The highest BCUT2D eigenvalue weighted by Crippen LogP contribution is 2.25. The number of rotatable bonds is 2. The minimum absolute atomic E-state index is 0.293. The number of pyridine rings is 2. The number of nitrogens with one attached hydrogen (secondary N) is 3. The highest BCUT2D eigenvalue weighted by atomic mass is 16.2. The molecule has 0 aliphatic rings. The van der Waals surface area contributed by atoms with Crippen LogP contribution in [-0.2, 0) is 0 Å². The van der Waals surface area contributed by atoms with Gasteiger partial charge in [-0.3, -0.25) is 10.3 Å². The number of amides is 2. The Morgan fingerprint density at radius 3 is 2.86 bits per heavy atom. The van der Waals surface area contributed by atoms with Crippen molar-refractivity contribution in [3.8, 4) is 11.3 Å². The number of aromatic amines is 1. The summed E-state index contributed by atoms with van der Waals surface area (Å²) in [4.78, 5) is 23.0. The first-order valence-electron chi connectivity index (χ1n) is 6.56. The molecule has 6 nitrogen and oxygen atoms in total. The summed E-state index contributed by atoms with van der Waals surface area (Å²) in [5, 5.41) is 6.13. The van der Waals surface area contributed by atoms with Gasteiger partial charge in [0.2, 0.25) is 0 Å². The predicted molar refractivity (Wildman–Crippen MR) is 82.1 cm³/mol. The van der Waals surface area contributed by atoms with Gasteiger partial charge in [-0.25, -0.2) is 9.78 Å².